The molecule has 24 heavy (non-hydrogen) atoms. The highest BCUT2D eigenvalue weighted by atomic mass is 35.5. The molecule has 0 unspecified atom stereocenters. The number of carbonyl (C=O) groups excluding carboxylic acids is 2. The third kappa shape index (κ3) is 6.55. The summed E-state index contributed by atoms with van der Waals surface area (Å²) in [5.41, 5.74) is 6.91. The zero-order valence-electron chi connectivity index (χ0n) is 14.0. The first kappa shape index (κ1) is 23.1. The number of nitrogens with two attached hydrogens (primary N) is 1. The number of fused-ring (bicyclic) bond motifs is 1. The van der Waals surface area contributed by atoms with Gasteiger partial charge in [-0.05, 0) is 31.6 Å². The average Bonchev–Trinajstić information content (AvgIpc) is 2.92. The van der Waals surface area contributed by atoms with Crippen LogP contribution in [0.3, 0.4) is 0 Å². The summed E-state index contributed by atoms with van der Waals surface area (Å²) in [5, 5.41) is 6.28. The van der Waals surface area contributed by atoms with Crippen molar-refractivity contribution in [3.8, 4) is 0 Å². The molecule has 138 valence electrons. The molecule has 4 N–H and O–H groups in total. The van der Waals surface area contributed by atoms with Gasteiger partial charge in [-0.1, -0.05) is 13.8 Å². The Labute approximate surface area is 159 Å². The van der Waals surface area contributed by atoms with Gasteiger partial charge in [-0.25, -0.2) is 4.98 Å². The minimum atomic E-state index is -0.585. The average molecular weight is 397 g/mol. The largest absolute Gasteiger partial charge is 0.348 e. The van der Waals surface area contributed by atoms with Crippen LogP contribution >= 0.6 is 36.2 Å². The predicted octanol–water partition coefficient (Wildman–Crippen LogP) is 1.58. The Kier molecular flexibility index (Phi) is 10.5. The molecule has 1 aromatic heterocycles. The second kappa shape index (κ2) is 10.9. The molecule has 2 rings (SSSR count). The van der Waals surface area contributed by atoms with Crippen LogP contribution < -0.4 is 16.4 Å². The van der Waals surface area contributed by atoms with Crippen molar-refractivity contribution in [1.82, 2.24) is 15.6 Å². The summed E-state index contributed by atoms with van der Waals surface area (Å²) in [6.07, 6.45) is 4.57. The fraction of sp³-hybridized carbons (Fsp3) is 0.667. The normalized spacial score (nSPS) is 14.0. The molecule has 2 amide bonds. The van der Waals surface area contributed by atoms with Gasteiger partial charge in [0.2, 0.25) is 11.8 Å². The van der Waals surface area contributed by atoms with Crippen LogP contribution in [0.25, 0.3) is 0 Å². The van der Waals surface area contributed by atoms with Crippen LogP contribution in [0.1, 0.15) is 42.3 Å². The number of amides is 2. The van der Waals surface area contributed by atoms with Gasteiger partial charge < -0.3 is 16.4 Å². The van der Waals surface area contributed by atoms with E-state index in [2.05, 4.69) is 15.6 Å². The van der Waals surface area contributed by atoms with Crippen LogP contribution in [0.4, 0.5) is 0 Å². The molecule has 9 heteroatoms. The van der Waals surface area contributed by atoms with Crippen molar-refractivity contribution >= 4 is 48.0 Å². The van der Waals surface area contributed by atoms with E-state index < -0.39 is 6.04 Å². The van der Waals surface area contributed by atoms with Crippen LogP contribution in [0, 0.1) is 5.92 Å². The lowest BCUT2D eigenvalue weighted by atomic mass is 10.0. The van der Waals surface area contributed by atoms with Crippen LogP contribution in [0.2, 0.25) is 0 Å². The first-order chi connectivity index (χ1) is 10.5. The molecule has 0 radical (unpaired) electrons. The quantitative estimate of drug-likeness (QED) is 0.679. The van der Waals surface area contributed by atoms with E-state index >= 15 is 0 Å². The summed E-state index contributed by atoms with van der Waals surface area (Å²) in [7, 11) is 0. The molecule has 1 aliphatic rings. The van der Waals surface area contributed by atoms with E-state index in [0.717, 1.165) is 17.8 Å². The maximum absolute atomic E-state index is 11.8. The molecule has 1 aromatic rings. The van der Waals surface area contributed by atoms with Crippen LogP contribution in [0.5, 0.6) is 0 Å². The van der Waals surface area contributed by atoms with Gasteiger partial charge in [-0.15, -0.1) is 36.2 Å². The molecule has 0 bridgehead atoms. The predicted molar refractivity (Wildman–Crippen MR) is 101 cm³/mol. The Morgan fingerprint density at radius 3 is 2.50 bits per heavy atom. The Morgan fingerprint density at radius 2 is 1.88 bits per heavy atom. The lowest BCUT2D eigenvalue weighted by Crippen LogP contribution is -2.47. The molecule has 0 fully saturated rings. The van der Waals surface area contributed by atoms with Gasteiger partial charge in [0, 0.05) is 4.88 Å². The molecule has 1 atom stereocenters. The summed E-state index contributed by atoms with van der Waals surface area (Å²) < 4.78 is 0. The maximum Gasteiger partial charge on any atom is 0.239 e. The molecule has 0 saturated heterocycles. The van der Waals surface area contributed by atoms with Gasteiger partial charge in [-0.2, -0.15) is 0 Å². The van der Waals surface area contributed by atoms with Gasteiger partial charge in [-0.3, -0.25) is 9.59 Å². The fourth-order valence-electron chi connectivity index (χ4n) is 2.31. The monoisotopic (exact) mass is 396 g/mol. The van der Waals surface area contributed by atoms with E-state index in [-0.39, 0.29) is 49.1 Å². The lowest BCUT2D eigenvalue weighted by molar-refractivity contribution is -0.127. The summed E-state index contributed by atoms with van der Waals surface area (Å²) >= 11 is 1.68. The topological polar surface area (TPSA) is 97.1 Å². The molecule has 1 aliphatic carbocycles. The van der Waals surface area contributed by atoms with Crippen molar-refractivity contribution in [2.75, 3.05) is 6.54 Å². The number of rotatable bonds is 6. The van der Waals surface area contributed by atoms with Gasteiger partial charge in [0.15, 0.2) is 0 Å². The summed E-state index contributed by atoms with van der Waals surface area (Å²) in [5.74, 6) is -0.475. The molecular formula is C15H26Cl2N4O2S. The number of aryl methyl sites for hydroxylation is 2. The number of hydrogen-bond donors (Lipinski definition) is 3. The molecule has 0 spiro atoms. The van der Waals surface area contributed by atoms with Crippen molar-refractivity contribution in [3.05, 3.63) is 15.6 Å². The molecule has 0 aromatic carbocycles. The van der Waals surface area contributed by atoms with E-state index in [0.29, 0.717) is 6.54 Å². The number of hydrogen-bond acceptors (Lipinski definition) is 5. The lowest BCUT2D eigenvalue weighted by Gasteiger charge is -2.14. The van der Waals surface area contributed by atoms with Crippen LogP contribution in [-0.2, 0) is 29.0 Å². The highest BCUT2D eigenvalue weighted by molar-refractivity contribution is 7.11. The molecule has 0 aliphatic heterocycles. The molecular weight excluding hydrogens is 371 g/mol. The number of thiazole rings is 1. The Morgan fingerprint density at radius 1 is 1.21 bits per heavy atom. The van der Waals surface area contributed by atoms with Gasteiger partial charge in [0.05, 0.1) is 24.8 Å². The number of halogens is 2. The van der Waals surface area contributed by atoms with E-state index in [9.17, 15) is 9.59 Å². The Hall–Kier alpha value is -0.890. The Bertz CT molecular complexity index is 528. The van der Waals surface area contributed by atoms with Crippen molar-refractivity contribution in [2.45, 2.75) is 52.1 Å². The first-order valence-corrected chi connectivity index (χ1v) is 8.56. The highest BCUT2D eigenvalue weighted by Gasteiger charge is 2.18. The first-order valence-electron chi connectivity index (χ1n) is 7.75. The number of carbonyl (C=O) groups is 2. The highest BCUT2D eigenvalue weighted by Crippen LogP contribution is 2.26. The van der Waals surface area contributed by atoms with E-state index in [4.69, 9.17) is 5.73 Å². The minimum Gasteiger partial charge on any atom is -0.348 e. The zero-order valence-corrected chi connectivity index (χ0v) is 16.4. The van der Waals surface area contributed by atoms with E-state index in [1.807, 2.05) is 13.8 Å². The van der Waals surface area contributed by atoms with Crippen molar-refractivity contribution in [3.63, 3.8) is 0 Å². The van der Waals surface area contributed by atoms with Crippen molar-refractivity contribution in [2.24, 2.45) is 11.7 Å². The second-order valence-corrected chi connectivity index (χ2v) is 7.12. The van der Waals surface area contributed by atoms with Crippen molar-refractivity contribution in [1.29, 1.82) is 0 Å². The van der Waals surface area contributed by atoms with Crippen LogP contribution in [-0.4, -0.2) is 29.4 Å². The van der Waals surface area contributed by atoms with Crippen molar-refractivity contribution < 1.29 is 9.59 Å². The number of nitrogens with one attached hydrogen (secondary N) is 2. The number of aromatic nitrogens is 1. The van der Waals surface area contributed by atoms with Crippen LogP contribution in [0.15, 0.2) is 0 Å². The zero-order chi connectivity index (χ0) is 16.1. The summed E-state index contributed by atoms with van der Waals surface area (Å²) in [6.45, 7) is 4.11. The van der Waals surface area contributed by atoms with Gasteiger partial charge >= 0.3 is 0 Å². The SMILES string of the molecule is CC(C)[C@H](N)C(=O)NCC(=O)NCc1nc2c(s1)CCCC2.Cl.Cl. The summed E-state index contributed by atoms with van der Waals surface area (Å²) in [6, 6.07) is -0.585. The molecule has 1 heterocycles. The van der Waals surface area contributed by atoms with E-state index in [1.165, 1.54) is 23.4 Å². The third-order valence-corrected chi connectivity index (χ3v) is 4.93. The summed E-state index contributed by atoms with van der Waals surface area (Å²) in [4.78, 5) is 29.4. The maximum atomic E-state index is 11.8. The van der Waals surface area contributed by atoms with E-state index in [1.54, 1.807) is 11.3 Å². The minimum absolute atomic E-state index is 0. The fourth-order valence-corrected chi connectivity index (χ4v) is 3.40. The third-order valence-electron chi connectivity index (χ3n) is 3.77. The smallest absolute Gasteiger partial charge is 0.239 e. The second-order valence-electron chi connectivity index (χ2n) is 5.95. The van der Waals surface area contributed by atoms with Gasteiger partial charge in [0.25, 0.3) is 0 Å². The number of nitrogens with zero attached hydrogens (tertiary/aromatic N) is 1. The standard InChI is InChI=1S/C15H24N4O2S.2ClH/c1-9(2)14(16)15(21)18-7-12(20)17-8-13-19-10-5-3-4-6-11(10)22-13;;/h9,14H,3-8,16H2,1-2H3,(H,17,20)(H,18,21);2*1H/t14-;;/m0../s1. The Balaban J connectivity index is 0.00000264. The van der Waals surface area contributed by atoms with Gasteiger partial charge in [0.1, 0.15) is 5.01 Å². The molecule has 6 nitrogen and oxygen atoms in total. The molecule has 0 saturated carbocycles.